The van der Waals surface area contributed by atoms with Gasteiger partial charge in [0.25, 0.3) is 0 Å². The lowest BCUT2D eigenvalue weighted by atomic mass is 10.1. The van der Waals surface area contributed by atoms with Gasteiger partial charge in [-0.15, -0.1) is 10.2 Å². The third kappa shape index (κ3) is 4.18. The van der Waals surface area contributed by atoms with Gasteiger partial charge in [-0.25, -0.2) is 4.99 Å². The fourth-order valence-electron chi connectivity index (χ4n) is 3.45. The van der Waals surface area contributed by atoms with Gasteiger partial charge in [0.05, 0.1) is 12.0 Å². The molecule has 0 aliphatic carbocycles. The number of nitrogens with one attached hydrogen (secondary N) is 1. The van der Waals surface area contributed by atoms with Crippen molar-refractivity contribution in [2.45, 2.75) is 40.0 Å². The Bertz CT molecular complexity index is 1200. The molecule has 0 bridgehead atoms. The predicted molar refractivity (Wildman–Crippen MR) is 123 cm³/mol. The Hall–Kier alpha value is -3.58. The quantitative estimate of drug-likeness (QED) is 0.487. The molecule has 0 saturated carbocycles. The first kappa shape index (κ1) is 20.7. The molecule has 0 radical (unpaired) electrons. The van der Waals surface area contributed by atoms with Crippen LogP contribution in [0.2, 0.25) is 0 Å². The Morgan fingerprint density at radius 3 is 2.61 bits per heavy atom. The number of anilines is 1. The molecule has 0 fully saturated rings. The summed E-state index contributed by atoms with van der Waals surface area (Å²) in [6.07, 6.45) is 0.914. The Balaban J connectivity index is 0.00000112. The largest absolute Gasteiger partial charge is 0.346 e. The molecular formula is C24H26N6O. The number of aliphatic imine (C=N–C) groups is 1. The van der Waals surface area contributed by atoms with Crippen LogP contribution in [0.3, 0.4) is 0 Å². The first-order chi connectivity index (χ1) is 15.2. The summed E-state index contributed by atoms with van der Waals surface area (Å²) in [5.41, 5.74) is 5.76. The fourth-order valence-corrected chi connectivity index (χ4v) is 3.45. The van der Waals surface area contributed by atoms with Crippen molar-refractivity contribution in [2.75, 3.05) is 5.32 Å². The third-order valence-corrected chi connectivity index (χ3v) is 4.96. The van der Waals surface area contributed by atoms with Crippen LogP contribution in [-0.4, -0.2) is 26.1 Å². The number of hydrogen-bond acceptors (Lipinski definition) is 6. The van der Waals surface area contributed by atoms with Crippen LogP contribution in [-0.2, 0) is 4.74 Å². The summed E-state index contributed by atoms with van der Waals surface area (Å²) in [7, 11) is 0. The van der Waals surface area contributed by atoms with E-state index < -0.39 is 6.23 Å². The highest BCUT2D eigenvalue weighted by Gasteiger charge is 2.24. The van der Waals surface area contributed by atoms with E-state index in [0.29, 0.717) is 11.5 Å². The molecular weight excluding hydrogens is 388 g/mol. The van der Waals surface area contributed by atoms with Gasteiger partial charge in [-0.05, 0) is 37.6 Å². The Labute approximate surface area is 181 Å². The molecule has 2 aromatic heterocycles. The van der Waals surface area contributed by atoms with Gasteiger partial charge in [0, 0.05) is 16.8 Å². The maximum absolute atomic E-state index is 6.25. The molecule has 0 saturated heterocycles. The molecule has 0 amide bonds. The molecule has 158 valence electrons. The van der Waals surface area contributed by atoms with Crippen LogP contribution < -0.4 is 5.32 Å². The number of rotatable bonds is 4. The van der Waals surface area contributed by atoms with Crippen LogP contribution in [0.4, 0.5) is 5.69 Å². The SMILES string of the molecule is CC.Cc1ccc2c(c1)NC=NC2OC(C)c1nnc2ccc(-c3ccccc3)nn12. The molecule has 1 N–H and O–H groups in total. The van der Waals surface area contributed by atoms with Gasteiger partial charge in [-0.2, -0.15) is 9.61 Å². The van der Waals surface area contributed by atoms with E-state index in [1.165, 1.54) is 5.56 Å². The van der Waals surface area contributed by atoms with Gasteiger partial charge in [0.15, 0.2) is 17.7 Å². The van der Waals surface area contributed by atoms with Crippen molar-refractivity contribution in [3.63, 3.8) is 0 Å². The van der Waals surface area contributed by atoms with Crippen molar-refractivity contribution in [3.8, 4) is 11.3 Å². The monoisotopic (exact) mass is 414 g/mol. The molecule has 1 aliphatic heterocycles. The summed E-state index contributed by atoms with van der Waals surface area (Å²) >= 11 is 0. The smallest absolute Gasteiger partial charge is 0.183 e. The molecule has 4 aromatic rings. The van der Waals surface area contributed by atoms with Gasteiger partial charge >= 0.3 is 0 Å². The molecule has 2 atom stereocenters. The van der Waals surface area contributed by atoms with Crippen LogP contribution in [0.5, 0.6) is 0 Å². The number of ether oxygens (including phenoxy) is 1. The molecule has 5 rings (SSSR count). The van der Waals surface area contributed by atoms with Crippen LogP contribution in [0.25, 0.3) is 16.9 Å². The second-order valence-electron chi connectivity index (χ2n) is 7.06. The van der Waals surface area contributed by atoms with Gasteiger partial charge in [0.2, 0.25) is 0 Å². The molecule has 31 heavy (non-hydrogen) atoms. The summed E-state index contributed by atoms with van der Waals surface area (Å²) < 4.78 is 8.00. The summed E-state index contributed by atoms with van der Waals surface area (Å²) in [6, 6.07) is 20.1. The summed E-state index contributed by atoms with van der Waals surface area (Å²) in [4.78, 5) is 4.46. The molecule has 7 nitrogen and oxygen atoms in total. The molecule has 0 spiro atoms. The normalized spacial score (nSPS) is 15.5. The lowest BCUT2D eigenvalue weighted by molar-refractivity contribution is -0.00525. The van der Waals surface area contributed by atoms with E-state index in [1.807, 2.05) is 69.3 Å². The number of aromatic nitrogens is 4. The van der Waals surface area contributed by atoms with Gasteiger partial charge in [-0.3, -0.25) is 0 Å². The summed E-state index contributed by atoms with van der Waals surface area (Å²) in [5, 5.41) is 16.5. The molecule has 7 heteroatoms. The first-order valence-corrected chi connectivity index (χ1v) is 10.5. The molecule has 1 aliphatic rings. The zero-order valence-corrected chi connectivity index (χ0v) is 18.1. The number of fused-ring (bicyclic) bond motifs is 2. The van der Waals surface area contributed by atoms with Crippen molar-refractivity contribution in [3.05, 3.63) is 77.6 Å². The van der Waals surface area contributed by atoms with E-state index >= 15 is 0 Å². The molecule has 2 unspecified atom stereocenters. The third-order valence-electron chi connectivity index (χ3n) is 4.96. The van der Waals surface area contributed by atoms with E-state index in [-0.39, 0.29) is 6.10 Å². The number of aryl methyl sites for hydroxylation is 1. The maximum Gasteiger partial charge on any atom is 0.183 e. The second-order valence-corrected chi connectivity index (χ2v) is 7.06. The lowest BCUT2D eigenvalue weighted by Gasteiger charge is -2.24. The zero-order chi connectivity index (χ0) is 21.8. The van der Waals surface area contributed by atoms with E-state index in [0.717, 1.165) is 22.5 Å². The van der Waals surface area contributed by atoms with E-state index in [1.54, 1.807) is 10.9 Å². The molecule has 3 heterocycles. The van der Waals surface area contributed by atoms with E-state index in [2.05, 4.69) is 39.6 Å². The number of nitrogens with zero attached hydrogens (tertiary/aromatic N) is 5. The minimum Gasteiger partial charge on any atom is -0.346 e. The summed E-state index contributed by atoms with van der Waals surface area (Å²) in [6.45, 7) is 8.00. The predicted octanol–water partition coefficient (Wildman–Crippen LogP) is 5.36. The van der Waals surface area contributed by atoms with Crippen molar-refractivity contribution in [1.82, 2.24) is 19.8 Å². The van der Waals surface area contributed by atoms with Crippen LogP contribution in [0.15, 0.2) is 65.7 Å². The average Bonchev–Trinajstić information content (AvgIpc) is 3.24. The topological polar surface area (TPSA) is 76.7 Å². The Morgan fingerprint density at radius 1 is 1.00 bits per heavy atom. The number of hydrogen-bond donors (Lipinski definition) is 1. The van der Waals surface area contributed by atoms with Gasteiger partial charge < -0.3 is 10.1 Å². The van der Waals surface area contributed by atoms with Gasteiger partial charge in [0.1, 0.15) is 6.10 Å². The average molecular weight is 415 g/mol. The van der Waals surface area contributed by atoms with Crippen molar-refractivity contribution < 1.29 is 4.74 Å². The van der Waals surface area contributed by atoms with Crippen LogP contribution >= 0.6 is 0 Å². The highest BCUT2D eigenvalue weighted by molar-refractivity contribution is 5.80. The number of benzene rings is 2. The van der Waals surface area contributed by atoms with Crippen LogP contribution in [0, 0.1) is 6.92 Å². The van der Waals surface area contributed by atoms with E-state index in [4.69, 9.17) is 9.84 Å². The lowest BCUT2D eigenvalue weighted by Crippen LogP contribution is -2.16. The fraction of sp³-hybridized carbons (Fsp3) is 0.250. The minimum atomic E-state index is -0.411. The van der Waals surface area contributed by atoms with Crippen molar-refractivity contribution in [2.24, 2.45) is 4.99 Å². The summed E-state index contributed by atoms with van der Waals surface area (Å²) in [5.74, 6) is 0.639. The maximum atomic E-state index is 6.25. The zero-order valence-electron chi connectivity index (χ0n) is 18.1. The second kappa shape index (κ2) is 9.06. The van der Waals surface area contributed by atoms with Crippen molar-refractivity contribution >= 4 is 17.7 Å². The van der Waals surface area contributed by atoms with Crippen LogP contribution in [0.1, 0.15) is 50.1 Å². The highest BCUT2D eigenvalue weighted by Crippen LogP contribution is 2.34. The van der Waals surface area contributed by atoms with Crippen molar-refractivity contribution in [1.29, 1.82) is 0 Å². The Morgan fingerprint density at radius 2 is 1.81 bits per heavy atom. The first-order valence-electron chi connectivity index (χ1n) is 10.5. The van der Waals surface area contributed by atoms with E-state index in [9.17, 15) is 0 Å². The minimum absolute atomic E-state index is 0.349. The molecule has 2 aromatic carbocycles. The standard InChI is InChI=1S/C22H20N6O.C2H6/c1-14-8-9-17-19(12-14)23-13-24-22(17)29-15(2)21-26-25-20-11-10-18(27-28(20)21)16-6-4-3-5-7-16;1-2/h3-13,15,22H,1-2H3,(H,23,24);1-2H3. The Kier molecular flexibility index (Phi) is 6.04. The highest BCUT2D eigenvalue weighted by atomic mass is 16.5. The van der Waals surface area contributed by atoms with Gasteiger partial charge in [-0.1, -0.05) is 56.3 Å².